The van der Waals surface area contributed by atoms with Gasteiger partial charge < -0.3 is 4.74 Å². The molecule has 1 unspecified atom stereocenters. The third-order valence-electron chi connectivity index (χ3n) is 4.01. The Morgan fingerprint density at radius 1 is 1.21 bits per heavy atom. The molecule has 2 aromatic carbocycles. The highest BCUT2D eigenvalue weighted by Crippen LogP contribution is 2.27. The van der Waals surface area contributed by atoms with E-state index in [2.05, 4.69) is 4.90 Å². The highest BCUT2D eigenvalue weighted by molar-refractivity contribution is 7.89. The molecule has 0 aliphatic heterocycles. The zero-order valence-electron chi connectivity index (χ0n) is 13.9. The van der Waals surface area contributed by atoms with Gasteiger partial charge in [-0.15, -0.1) is 0 Å². The van der Waals surface area contributed by atoms with Crippen molar-refractivity contribution in [1.82, 2.24) is 4.90 Å². The molecule has 7 heteroatoms. The van der Waals surface area contributed by atoms with Gasteiger partial charge in [-0.3, -0.25) is 4.90 Å². The summed E-state index contributed by atoms with van der Waals surface area (Å²) in [5, 5.41) is 5.78. The number of ether oxygens (including phenoxy) is 1. The Morgan fingerprint density at radius 2 is 1.83 bits per heavy atom. The molecule has 130 valence electrons. The van der Waals surface area contributed by atoms with E-state index in [0.29, 0.717) is 11.6 Å². The molecule has 0 saturated carbocycles. The molecule has 2 N–H and O–H groups in total. The third-order valence-corrected chi connectivity index (χ3v) is 5.18. The number of nitrogens with two attached hydrogens (primary N) is 1. The van der Waals surface area contributed by atoms with Gasteiger partial charge in [0.1, 0.15) is 5.75 Å². The smallest absolute Gasteiger partial charge is 0.238 e. The predicted molar refractivity (Wildman–Crippen MR) is 95.7 cm³/mol. The van der Waals surface area contributed by atoms with Crippen LogP contribution in [0.3, 0.4) is 0 Å². The van der Waals surface area contributed by atoms with Crippen LogP contribution in [-0.4, -0.2) is 27.5 Å². The molecule has 0 aliphatic carbocycles. The molecule has 0 heterocycles. The summed E-state index contributed by atoms with van der Waals surface area (Å²) in [7, 11) is -0.0608. The first-order valence-corrected chi connectivity index (χ1v) is 9.30. The maximum absolute atomic E-state index is 11.3. The average Bonchev–Trinajstić information content (AvgIpc) is 2.53. The Labute approximate surface area is 148 Å². The van der Waals surface area contributed by atoms with Crippen molar-refractivity contribution in [1.29, 1.82) is 0 Å². The number of hydrogen-bond donors (Lipinski definition) is 1. The van der Waals surface area contributed by atoms with E-state index in [9.17, 15) is 8.42 Å². The van der Waals surface area contributed by atoms with Crippen LogP contribution in [0.25, 0.3) is 0 Å². The topological polar surface area (TPSA) is 72.6 Å². The lowest BCUT2D eigenvalue weighted by Gasteiger charge is -2.26. The van der Waals surface area contributed by atoms with Gasteiger partial charge in [0, 0.05) is 23.2 Å². The lowest BCUT2D eigenvalue weighted by atomic mass is 10.1. The number of benzene rings is 2. The highest BCUT2D eigenvalue weighted by Gasteiger charge is 2.16. The molecular formula is C17H21ClN2O3S. The lowest BCUT2D eigenvalue weighted by Crippen LogP contribution is -2.22. The van der Waals surface area contributed by atoms with Crippen molar-refractivity contribution in [3.8, 4) is 5.75 Å². The van der Waals surface area contributed by atoms with Crippen LogP contribution < -0.4 is 9.88 Å². The number of halogens is 1. The molecule has 0 aromatic heterocycles. The lowest BCUT2D eigenvalue weighted by molar-refractivity contribution is 0.249. The molecule has 0 fully saturated rings. The van der Waals surface area contributed by atoms with Crippen LogP contribution in [0.1, 0.15) is 24.1 Å². The number of rotatable bonds is 6. The predicted octanol–water partition coefficient (Wildman–Crippen LogP) is 3.19. The average molecular weight is 369 g/mol. The van der Waals surface area contributed by atoms with Crippen LogP contribution in [-0.2, 0) is 16.6 Å². The van der Waals surface area contributed by atoms with E-state index >= 15 is 0 Å². The van der Waals surface area contributed by atoms with Crippen molar-refractivity contribution in [2.75, 3.05) is 14.2 Å². The Bertz CT molecular complexity index is 807. The summed E-state index contributed by atoms with van der Waals surface area (Å²) < 4.78 is 28.0. The van der Waals surface area contributed by atoms with Gasteiger partial charge in [0.15, 0.2) is 0 Å². The molecular weight excluding hydrogens is 348 g/mol. The molecule has 0 spiro atoms. The van der Waals surface area contributed by atoms with Crippen molar-refractivity contribution in [3.63, 3.8) is 0 Å². The Balaban J connectivity index is 2.18. The van der Waals surface area contributed by atoms with Crippen LogP contribution in [0.4, 0.5) is 0 Å². The van der Waals surface area contributed by atoms with Crippen LogP contribution in [0.5, 0.6) is 5.75 Å². The summed E-state index contributed by atoms with van der Waals surface area (Å²) in [4.78, 5) is 2.23. The van der Waals surface area contributed by atoms with Gasteiger partial charge in [0.25, 0.3) is 0 Å². The van der Waals surface area contributed by atoms with E-state index in [1.54, 1.807) is 25.3 Å². The quantitative estimate of drug-likeness (QED) is 0.849. The number of hydrogen-bond acceptors (Lipinski definition) is 4. The minimum Gasteiger partial charge on any atom is -0.496 e. The molecule has 0 bridgehead atoms. The number of primary sulfonamides is 1. The first-order valence-electron chi connectivity index (χ1n) is 7.38. The van der Waals surface area contributed by atoms with Gasteiger partial charge in [-0.05, 0) is 49.9 Å². The highest BCUT2D eigenvalue weighted by atomic mass is 35.5. The van der Waals surface area contributed by atoms with Gasteiger partial charge in [-0.1, -0.05) is 23.7 Å². The minimum atomic E-state index is -3.67. The third kappa shape index (κ3) is 4.48. The second-order valence-electron chi connectivity index (χ2n) is 5.66. The van der Waals surface area contributed by atoms with Crippen molar-refractivity contribution >= 4 is 21.6 Å². The van der Waals surface area contributed by atoms with Crippen LogP contribution in [0, 0.1) is 0 Å². The van der Waals surface area contributed by atoms with E-state index in [4.69, 9.17) is 21.5 Å². The van der Waals surface area contributed by atoms with E-state index in [0.717, 1.165) is 16.9 Å². The summed E-state index contributed by atoms with van der Waals surface area (Å²) in [6.07, 6.45) is 0. The van der Waals surface area contributed by atoms with Crippen molar-refractivity contribution in [2.45, 2.75) is 24.4 Å². The standard InChI is InChI=1S/C17H21ClN2O3S/c1-12(13-4-7-16(8-5-13)24(19,21)22)20(2)11-14-10-15(18)6-9-17(14)23-3/h4-10,12H,11H2,1-3H3,(H2,19,21,22). The Kier molecular flexibility index (Phi) is 5.87. The summed E-state index contributed by atoms with van der Waals surface area (Å²) in [5.41, 5.74) is 1.98. The normalized spacial score (nSPS) is 13.1. The first kappa shape index (κ1) is 18.7. The molecule has 2 aromatic rings. The monoisotopic (exact) mass is 368 g/mol. The van der Waals surface area contributed by atoms with Gasteiger partial charge in [-0.2, -0.15) is 0 Å². The second-order valence-corrected chi connectivity index (χ2v) is 7.66. The maximum Gasteiger partial charge on any atom is 0.238 e. The number of methoxy groups -OCH3 is 1. The SMILES string of the molecule is COc1ccc(Cl)cc1CN(C)C(C)c1ccc(S(N)(=O)=O)cc1. The second kappa shape index (κ2) is 7.53. The van der Waals surface area contributed by atoms with Gasteiger partial charge in [-0.25, -0.2) is 13.6 Å². The Hall–Kier alpha value is -1.60. The minimum absolute atomic E-state index is 0.0724. The molecule has 0 amide bonds. The largest absolute Gasteiger partial charge is 0.496 e. The maximum atomic E-state index is 11.3. The molecule has 0 radical (unpaired) electrons. The molecule has 0 aliphatic rings. The zero-order chi connectivity index (χ0) is 17.9. The molecule has 5 nitrogen and oxygen atoms in total. The van der Waals surface area contributed by atoms with Crippen LogP contribution in [0.2, 0.25) is 5.02 Å². The summed E-state index contributed by atoms with van der Waals surface area (Å²) in [5.74, 6) is 0.781. The summed E-state index contributed by atoms with van der Waals surface area (Å²) >= 11 is 6.07. The number of nitrogens with zero attached hydrogens (tertiary/aromatic N) is 1. The van der Waals surface area contributed by atoms with Crippen LogP contribution in [0.15, 0.2) is 47.4 Å². The van der Waals surface area contributed by atoms with E-state index in [1.165, 1.54) is 12.1 Å². The van der Waals surface area contributed by atoms with Gasteiger partial charge in [0.05, 0.1) is 12.0 Å². The molecule has 2 rings (SSSR count). The van der Waals surface area contributed by atoms with E-state index < -0.39 is 10.0 Å². The van der Waals surface area contributed by atoms with Crippen molar-refractivity contribution in [3.05, 3.63) is 58.6 Å². The summed E-state index contributed by atoms with van der Waals surface area (Å²) in [6.45, 7) is 2.69. The molecule has 24 heavy (non-hydrogen) atoms. The van der Waals surface area contributed by atoms with Gasteiger partial charge in [0.2, 0.25) is 10.0 Å². The fraction of sp³-hybridized carbons (Fsp3) is 0.294. The molecule has 0 saturated heterocycles. The van der Waals surface area contributed by atoms with E-state index in [-0.39, 0.29) is 10.9 Å². The fourth-order valence-corrected chi connectivity index (χ4v) is 3.18. The molecule has 1 atom stereocenters. The Morgan fingerprint density at radius 3 is 2.38 bits per heavy atom. The van der Waals surface area contributed by atoms with Crippen molar-refractivity contribution < 1.29 is 13.2 Å². The van der Waals surface area contributed by atoms with Crippen LogP contribution >= 0.6 is 11.6 Å². The first-order chi connectivity index (χ1) is 11.2. The number of sulfonamides is 1. The fourth-order valence-electron chi connectivity index (χ4n) is 2.47. The van der Waals surface area contributed by atoms with Gasteiger partial charge >= 0.3 is 0 Å². The van der Waals surface area contributed by atoms with Crippen molar-refractivity contribution in [2.24, 2.45) is 5.14 Å². The van der Waals surface area contributed by atoms with E-state index in [1.807, 2.05) is 26.1 Å². The zero-order valence-corrected chi connectivity index (χ0v) is 15.4. The summed E-state index contributed by atoms with van der Waals surface area (Å²) in [6, 6.07) is 12.2.